The van der Waals surface area contributed by atoms with Crippen LogP contribution in [-0.2, 0) is 16.1 Å². The Balaban J connectivity index is 1.34. The fraction of sp³-hybridized carbons (Fsp3) is 0.679. The van der Waals surface area contributed by atoms with Crippen molar-refractivity contribution in [2.45, 2.75) is 90.1 Å². The van der Waals surface area contributed by atoms with Gasteiger partial charge in [0.1, 0.15) is 5.60 Å². The molecule has 180 valence electrons. The average Bonchev–Trinajstić information content (AvgIpc) is 3.06. The highest BCUT2D eigenvalue weighted by Gasteiger charge is 2.65. The predicted molar refractivity (Wildman–Crippen MR) is 129 cm³/mol. The molecule has 0 aromatic heterocycles. The topological polar surface area (TPSA) is 66.8 Å². The zero-order valence-electron chi connectivity index (χ0n) is 20.1. The Bertz CT molecular complexity index is 973. The van der Waals surface area contributed by atoms with E-state index in [0.29, 0.717) is 48.6 Å². The molecule has 4 nitrogen and oxygen atoms in total. The maximum absolute atomic E-state index is 12.4. The summed E-state index contributed by atoms with van der Waals surface area (Å²) < 4.78 is 6.07. The van der Waals surface area contributed by atoms with Crippen LogP contribution in [0, 0.1) is 28.6 Å². The van der Waals surface area contributed by atoms with Crippen molar-refractivity contribution in [3.63, 3.8) is 0 Å². The van der Waals surface area contributed by atoms with Crippen LogP contribution in [0.1, 0.15) is 77.7 Å². The van der Waals surface area contributed by atoms with Gasteiger partial charge in [-0.1, -0.05) is 49.2 Å². The third-order valence-corrected chi connectivity index (χ3v) is 10.5. The van der Waals surface area contributed by atoms with Gasteiger partial charge < -0.3 is 14.9 Å². The SMILES string of the molecule is CC(=O)C1(O)CCC2C3CC=C4CC(O)(OCc5ccc(Cl)cc5)CCC4(C)C3CCC21C. The molecule has 3 saturated carbocycles. The zero-order valence-corrected chi connectivity index (χ0v) is 20.8. The number of carbonyl (C=O) groups excluding carboxylic acids is 1. The van der Waals surface area contributed by atoms with Crippen molar-refractivity contribution in [3.05, 3.63) is 46.5 Å². The van der Waals surface area contributed by atoms with Gasteiger partial charge >= 0.3 is 0 Å². The van der Waals surface area contributed by atoms with Gasteiger partial charge in [0.2, 0.25) is 0 Å². The molecule has 4 aliphatic carbocycles. The lowest BCUT2D eigenvalue weighted by Gasteiger charge is -2.59. The molecule has 5 rings (SSSR count). The fourth-order valence-electron chi connectivity index (χ4n) is 8.13. The van der Waals surface area contributed by atoms with Crippen molar-refractivity contribution < 1.29 is 19.7 Å². The maximum Gasteiger partial charge on any atom is 0.169 e. The highest BCUT2D eigenvalue weighted by molar-refractivity contribution is 6.30. The molecule has 0 spiro atoms. The Morgan fingerprint density at radius 2 is 1.76 bits per heavy atom. The Kier molecular flexibility index (Phi) is 5.64. The van der Waals surface area contributed by atoms with Gasteiger partial charge in [0, 0.05) is 23.3 Å². The minimum absolute atomic E-state index is 0.0526. The van der Waals surface area contributed by atoms with E-state index in [4.69, 9.17) is 16.3 Å². The molecule has 33 heavy (non-hydrogen) atoms. The summed E-state index contributed by atoms with van der Waals surface area (Å²) in [5.74, 6) is 0.202. The number of benzene rings is 1. The first kappa shape index (κ1) is 23.5. The maximum atomic E-state index is 12.4. The number of ketones is 1. The van der Waals surface area contributed by atoms with E-state index >= 15 is 0 Å². The van der Waals surface area contributed by atoms with E-state index in [1.807, 2.05) is 24.3 Å². The summed E-state index contributed by atoms with van der Waals surface area (Å²) in [6.45, 7) is 6.47. The van der Waals surface area contributed by atoms with Gasteiger partial charge in [0.25, 0.3) is 0 Å². The number of allylic oxidation sites excluding steroid dienone is 1. The van der Waals surface area contributed by atoms with Gasteiger partial charge in [0.15, 0.2) is 11.6 Å². The van der Waals surface area contributed by atoms with Crippen molar-refractivity contribution in [3.8, 4) is 0 Å². The van der Waals surface area contributed by atoms with E-state index in [0.717, 1.165) is 37.7 Å². The molecular formula is C28H37ClO4. The molecule has 2 N–H and O–H groups in total. The second-order valence-corrected chi connectivity index (χ2v) is 12.1. The van der Waals surface area contributed by atoms with Crippen LogP contribution in [0.15, 0.2) is 35.9 Å². The molecule has 0 saturated heterocycles. The number of halogens is 1. The Labute approximate surface area is 202 Å². The molecule has 0 radical (unpaired) electrons. The molecule has 7 unspecified atom stereocenters. The molecule has 4 aliphatic rings. The number of carbonyl (C=O) groups is 1. The van der Waals surface area contributed by atoms with Gasteiger partial charge in [0.05, 0.1) is 6.61 Å². The molecular weight excluding hydrogens is 436 g/mol. The summed E-state index contributed by atoms with van der Waals surface area (Å²) in [6, 6.07) is 7.57. The van der Waals surface area contributed by atoms with Crippen molar-refractivity contribution in [1.29, 1.82) is 0 Å². The normalized spacial score (nSPS) is 44.4. The number of ether oxygens (including phenoxy) is 1. The lowest BCUT2D eigenvalue weighted by Crippen LogP contribution is -2.57. The van der Waals surface area contributed by atoms with Gasteiger partial charge in [-0.2, -0.15) is 0 Å². The third-order valence-electron chi connectivity index (χ3n) is 10.3. The first-order chi connectivity index (χ1) is 15.5. The van der Waals surface area contributed by atoms with Crippen LogP contribution in [0.4, 0.5) is 0 Å². The number of fused-ring (bicyclic) bond motifs is 5. The smallest absolute Gasteiger partial charge is 0.169 e. The summed E-state index contributed by atoms with van der Waals surface area (Å²) >= 11 is 5.98. The summed E-state index contributed by atoms with van der Waals surface area (Å²) in [4.78, 5) is 12.4. The summed E-state index contributed by atoms with van der Waals surface area (Å²) in [6.07, 6.45) is 8.86. The number of hydrogen-bond acceptors (Lipinski definition) is 4. The zero-order chi connectivity index (χ0) is 23.6. The molecule has 0 amide bonds. The summed E-state index contributed by atoms with van der Waals surface area (Å²) in [7, 11) is 0. The van der Waals surface area contributed by atoms with Crippen molar-refractivity contribution >= 4 is 17.4 Å². The minimum Gasteiger partial charge on any atom is -0.382 e. The van der Waals surface area contributed by atoms with Crippen LogP contribution >= 0.6 is 11.6 Å². The lowest BCUT2D eigenvalue weighted by molar-refractivity contribution is -0.232. The van der Waals surface area contributed by atoms with Crippen LogP contribution in [0.25, 0.3) is 0 Å². The molecule has 7 atom stereocenters. The quantitative estimate of drug-likeness (QED) is 0.427. The second kappa shape index (κ2) is 7.91. The van der Waals surface area contributed by atoms with Crippen LogP contribution in [0.3, 0.4) is 0 Å². The van der Waals surface area contributed by atoms with Crippen LogP contribution < -0.4 is 0 Å². The molecule has 0 heterocycles. The van der Waals surface area contributed by atoms with Gasteiger partial charge in [-0.05, 0) is 86.3 Å². The first-order valence-corrected chi connectivity index (χ1v) is 12.9. The van der Waals surface area contributed by atoms with Crippen molar-refractivity contribution in [2.24, 2.45) is 28.6 Å². The van der Waals surface area contributed by atoms with Crippen LogP contribution in [-0.4, -0.2) is 27.4 Å². The van der Waals surface area contributed by atoms with Gasteiger partial charge in [-0.3, -0.25) is 4.79 Å². The average molecular weight is 473 g/mol. The Morgan fingerprint density at radius 3 is 2.45 bits per heavy atom. The molecule has 3 fully saturated rings. The van der Waals surface area contributed by atoms with E-state index in [1.54, 1.807) is 6.92 Å². The number of Topliss-reactive ketones (excluding diaryl/α,β-unsaturated/α-hetero) is 1. The molecule has 5 heteroatoms. The minimum atomic E-state index is -1.17. The third kappa shape index (κ3) is 3.55. The van der Waals surface area contributed by atoms with Crippen LogP contribution in [0.5, 0.6) is 0 Å². The number of rotatable bonds is 4. The standard InChI is InChI=1S/C28H37ClO4/c1-18(30)28(32)13-11-24-22-9-6-20-16-27(31,33-17-19-4-7-21(29)8-5-19)15-14-25(20,2)23(22)10-12-26(24,28)3/h4-8,22-24,31-32H,9-17H2,1-3H3. The predicted octanol–water partition coefficient (Wildman–Crippen LogP) is 5.83. The van der Waals surface area contributed by atoms with Crippen molar-refractivity contribution in [2.75, 3.05) is 0 Å². The van der Waals surface area contributed by atoms with Crippen molar-refractivity contribution in [1.82, 2.24) is 0 Å². The first-order valence-electron chi connectivity index (χ1n) is 12.5. The highest BCUT2D eigenvalue weighted by Crippen LogP contribution is 2.67. The summed E-state index contributed by atoms with van der Waals surface area (Å²) in [5, 5.41) is 23.3. The summed E-state index contributed by atoms with van der Waals surface area (Å²) in [5.41, 5.74) is 0.896. The van der Waals surface area contributed by atoms with Gasteiger partial charge in [-0.15, -0.1) is 0 Å². The molecule has 1 aromatic rings. The monoisotopic (exact) mass is 472 g/mol. The van der Waals surface area contributed by atoms with E-state index < -0.39 is 11.4 Å². The second-order valence-electron chi connectivity index (χ2n) is 11.7. The van der Waals surface area contributed by atoms with E-state index in [2.05, 4.69) is 19.9 Å². The number of hydrogen-bond donors (Lipinski definition) is 2. The molecule has 0 aliphatic heterocycles. The van der Waals surface area contributed by atoms with Crippen LogP contribution in [0.2, 0.25) is 5.02 Å². The molecule has 0 bridgehead atoms. The van der Waals surface area contributed by atoms with E-state index in [9.17, 15) is 15.0 Å². The Morgan fingerprint density at radius 1 is 1.06 bits per heavy atom. The fourth-order valence-corrected chi connectivity index (χ4v) is 8.26. The lowest BCUT2D eigenvalue weighted by atomic mass is 9.46. The van der Waals surface area contributed by atoms with E-state index in [-0.39, 0.29) is 16.6 Å². The van der Waals surface area contributed by atoms with Gasteiger partial charge in [-0.25, -0.2) is 0 Å². The highest BCUT2D eigenvalue weighted by atomic mass is 35.5. The number of aliphatic hydroxyl groups is 2. The molecule has 1 aromatic carbocycles. The van der Waals surface area contributed by atoms with E-state index in [1.165, 1.54) is 5.57 Å². The Hall–Kier alpha value is -1.20. The largest absolute Gasteiger partial charge is 0.382 e.